The van der Waals surface area contributed by atoms with Crippen LogP contribution in [-0.2, 0) is 23.9 Å². The van der Waals surface area contributed by atoms with Gasteiger partial charge in [-0.3, -0.25) is 14.4 Å². The second kappa shape index (κ2) is 34.6. The number of unbranched alkanes of at least 4 members (excludes halogenated alkanes) is 24. The molecule has 0 spiro atoms. The lowest BCUT2D eigenvalue weighted by Gasteiger charge is -2.26. The molecule has 0 heterocycles. The van der Waals surface area contributed by atoms with E-state index in [0.717, 1.165) is 38.5 Å². The summed E-state index contributed by atoms with van der Waals surface area (Å²) < 4.78 is 5.85. The first-order chi connectivity index (χ1) is 25.0. The van der Waals surface area contributed by atoms with Crippen molar-refractivity contribution >= 4 is 23.8 Å². The van der Waals surface area contributed by atoms with Crippen molar-refractivity contribution < 1.29 is 34.1 Å². The van der Waals surface area contributed by atoms with Gasteiger partial charge in [0.05, 0.1) is 12.5 Å². The number of carbonyl (C=O) groups is 4. The summed E-state index contributed by atoms with van der Waals surface area (Å²) in [6.07, 6.45) is 31.0. The number of carboxylic acids is 1. The van der Waals surface area contributed by atoms with Crippen LogP contribution in [0, 0.1) is 5.92 Å². The number of hydrogen-bond acceptors (Lipinski definition) is 6. The summed E-state index contributed by atoms with van der Waals surface area (Å²) in [5.41, 5.74) is 0. The lowest BCUT2D eigenvalue weighted by atomic mass is 10.0. The molecule has 0 aliphatic rings. The molecule has 0 fully saturated rings. The molecule has 9 heteroatoms. The number of amides is 2. The normalized spacial score (nSPS) is 13.8. The average molecular weight is 739 g/mol. The largest absolute Gasteiger partial charge is 0.480 e. The molecule has 0 saturated carbocycles. The fourth-order valence-electron chi connectivity index (χ4n) is 6.73. The van der Waals surface area contributed by atoms with Gasteiger partial charge in [-0.1, -0.05) is 182 Å². The lowest BCUT2D eigenvalue weighted by Crippen LogP contribution is -2.56. The van der Waals surface area contributed by atoms with Gasteiger partial charge >= 0.3 is 11.9 Å². The molecule has 0 aliphatic heterocycles. The number of carbonyl (C=O) groups excluding carboxylic acids is 3. The van der Waals surface area contributed by atoms with E-state index in [4.69, 9.17) is 4.74 Å². The van der Waals surface area contributed by atoms with Crippen LogP contribution in [0.3, 0.4) is 0 Å². The zero-order valence-corrected chi connectivity index (χ0v) is 34.3. The Balaban J connectivity index is 4.77. The van der Waals surface area contributed by atoms with E-state index in [-0.39, 0.29) is 18.3 Å². The first-order valence-corrected chi connectivity index (χ1v) is 21.7. The molecule has 2 unspecified atom stereocenters. The van der Waals surface area contributed by atoms with Crippen LogP contribution >= 0.6 is 0 Å². The van der Waals surface area contributed by atoms with Crippen LogP contribution in [0.25, 0.3) is 0 Å². The molecule has 306 valence electrons. The van der Waals surface area contributed by atoms with Crippen LogP contribution in [0.15, 0.2) is 0 Å². The summed E-state index contributed by atoms with van der Waals surface area (Å²) >= 11 is 0. The van der Waals surface area contributed by atoms with E-state index >= 15 is 0 Å². The Labute approximate surface area is 319 Å². The maximum absolute atomic E-state index is 13.2. The highest BCUT2D eigenvalue weighted by Crippen LogP contribution is 2.18. The van der Waals surface area contributed by atoms with Crippen molar-refractivity contribution in [3.63, 3.8) is 0 Å². The van der Waals surface area contributed by atoms with E-state index in [1.807, 2.05) is 0 Å². The number of carboxylic acid groups (broad SMARTS) is 1. The van der Waals surface area contributed by atoms with Crippen LogP contribution in [0.2, 0.25) is 0 Å². The first kappa shape index (κ1) is 49.8. The highest BCUT2D eigenvalue weighted by Gasteiger charge is 2.31. The maximum atomic E-state index is 13.2. The number of nitrogens with one attached hydrogen (secondary N) is 2. The smallest absolute Gasteiger partial charge is 0.328 e. The van der Waals surface area contributed by atoms with E-state index in [1.54, 1.807) is 13.8 Å². The third-order valence-corrected chi connectivity index (χ3v) is 10.1. The molecule has 4 atom stereocenters. The third kappa shape index (κ3) is 29.3. The van der Waals surface area contributed by atoms with Gasteiger partial charge < -0.3 is 25.6 Å². The van der Waals surface area contributed by atoms with Gasteiger partial charge in [-0.25, -0.2) is 4.79 Å². The fraction of sp³-hybridized carbons (Fsp3) is 0.907. The van der Waals surface area contributed by atoms with Crippen LogP contribution in [0.5, 0.6) is 0 Å². The van der Waals surface area contributed by atoms with Crippen LogP contribution in [0.4, 0.5) is 0 Å². The van der Waals surface area contributed by atoms with E-state index in [2.05, 4.69) is 24.5 Å². The first-order valence-electron chi connectivity index (χ1n) is 21.7. The zero-order chi connectivity index (χ0) is 38.8. The molecule has 0 rings (SSSR count). The minimum Gasteiger partial charge on any atom is -0.480 e. The Bertz CT molecular complexity index is 895. The average Bonchev–Trinajstić information content (AvgIpc) is 3.09. The number of aliphatic hydroxyl groups is 1. The van der Waals surface area contributed by atoms with Crippen molar-refractivity contribution in [3.05, 3.63) is 0 Å². The van der Waals surface area contributed by atoms with Gasteiger partial charge in [0, 0.05) is 6.42 Å². The van der Waals surface area contributed by atoms with Crippen LogP contribution < -0.4 is 10.6 Å². The monoisotopic (exact) mass is 739 g/mol. The van der Waals surface area contributed by atoms with Gasteiger partial charge in [0.25, 0.3) is 0 Å². The Morgan fingerprint density at radius 1 is 0.538 bits per heavy atom. The molecule has 2 amide bonds. The zero-order valence-electron chi connectivity index (χ0n) is 34.3. The van der Waals surface area contributed by atoms with Crippen LogP contribution in [-0.4, -0.2) is 58.3 Å². The topological polar surface area (TPSA) is 142 Å². The molecule has 0 aromatic carbocycles. The summed E-state index contributed by atoms with van der Waals surface area (Å²) in [7, 11) is 0. The molecule has 0 saturated heterocycles. The van der Waals surface area contributed by atoms with Gasteiger partial charge in [-0.2, -0.15) is 0 Å². The summed E-state index contributed by atoms with van der Waals surface area (Å²) in [4.78, 5) is 50.5. The summed E-state index contributed by atoms with van der Waals surface area (Å²) in [6.45, 7) is 9.29. The van der Waals surface area contributed by atoms with Crippen molar-refractivity contribution in [2.75, 3.05) is 0 Å². The number of ether oxygens (including phenoxy) is 1. The molecule has 0 bridgehead atoms. The van der Waals surface area contributed by atoms with Crippen LogP contribution in [0.1, 0.15) is 221 Å². The van der Waals surface area contributed by atoms with Crippen molar-refractivity contribution in [2.24, 2.45) is 5.92 Å². The number of esters is 1. The highest BCUT2D eigenvalue weighted by atomic mass is 16.5. The molecule has 4 N–H and O–H groups in total. The molecule has 0 radical (unpaired) electrons. The fourth-order valence-corrected chi connectivity index (χ4v) is 6.73. The molecule has 9 nitrogen and oxygen atoms in total. The molecular weight excluding hydrogens is 656 g/mol. The predicted octanol–water partition coefficient (Wildman–Crippen LogP) is 10.3. The van der Waals surface area contributed by atoms with E-state index in [9.17, 15) is 29.4 Å². The van der Waals surface area contributed by atoms with Crippen molar-refractivity contribution in [3.8, 4) is 0 Å². The van der Waals surface area contributed by atoms with Crippen molar-refractivity contribution in [1.82, 2.24) is 10.6 Å². The van der Waals surface area contributed by atoms with E-state index in [0.29, 0.717) is 12.8 Å². The highest BCUT2D eigenvalue weighted by molar-refractivity contribution is 5.91. The van der Waals surface area contributed by atoms with Crippen molar-refractivity contribution in [2.45, 2.75) is 245 Å². The summed E-state index contributed by atoms with van der Waals surface area (Å²) in [6, 6.07) is -2.48. The SMILES string of the molecule is CCCCCCCCCCCCCCCC(=O)OC(CCCCCCCCCCCCCCC)CC(=O)N[C@H](C(=O)N[C@H](C(=O)O)C(C)O)C(C)C. The van der Waals surface area contributed by atoms with Gasteiger partial charge in [0.2, 0.25) is 11.8 Å². The number of aliphatic carboxylic acids is 1. The quantitative estimate of drug-likeness (QED) is 0.0367. The van der Waals surface area contributed by atoms with Gasteiger partial charge in [-0.15, -0.1) is 0 Å². The minimum absolute atomic E-state index is 0.0577. The van der Waals surface area contributed by atoms with E-state index in [1.165, 1.54) is 135 Å². The second-order valence-electron chi connectivity index (χ2n) is 15.7. The van der Waals surface area contributed by atoms with E-state index < -0.39 is 42.1 Å². The van der Waals surface area contributed by atoms with Gasteiger partial charge in [-0.05, 0) is 32.1 Å². The maximum Gasteiger partial charge on any atom is 0.328 e. The Morgan fingerprint density at radius 2 is 0.923 bits per heavy atom. The van der Waals surface area contributed by atoms with Gasteiger partial charge in [0.1, 0.15) is 12.1 Å². The van der Waals surface area contributed by atoms with Gasteiger partial charge in [0.15, 0.2) is 6.04 Å². The Hall–Kier alpha value is -2.16. The number of aliphatic hydroxyl groups excluding tert-OH is 1. The standard InChI is InChI=1S/C43H82N2O7/c1-6-8-10-12-14-16-18-20-22-24-26-28-30-32-37(34-38(47)44-40(35(3)4)42(49)45-41(36(5)46)43(50)51)52-39(48)33-31-29-27-25-23-21-19-17-15-13-11-9-7-2/h35-37,40-41,46H,6-34H2,1-5H3,(H,44,47)(H,45,49)(H,50,51)/t36?,37?,40-,41-/m0/s1. The minimum atomic E-state index is -1.49. The Morgan fingerprint density at radius 3 is 1.29 bits per heavy atom. The lowest BCUT2D eigenvalue weighted by molar-refractivity contribution is -0.151. The second-order valence-corrected chi connectivity index (χ2v) is 15.7. The number of rotatable bonds is 37. The summed E-state index contributed by atoms with van der Waals surface area (Å²) in [5.74, 6) is -3.07. The third-order valence-electron chi connectivity index (χ3n) is 10.1. The number of hydrogen-bond donors (Lipinski definition) is 4. The Kier molecular flexibility index (Phi) is 33.2. The molecule has 52 heavy (non-hydrogen) atoms. The molecule has 0 aromatic heterocycles. The summed E-state index contributed by atoms with van der Waals surface area (Å²) in [5, 5.41) is 24.2. The molecule has 0 aromatic rings. The molecular formula is C43H82N2O7. The van der Waals surface area contributed by atoms with Crippen molar-refractivity contribution in [1.29, 1.82) is 0 Å². The molecule has 0 aliphatic carbocycles. The predicted molar refractivity (Wildman–Crippen MR) is 213 cm³/mol.